The maximum Gasteiger partial charge on any atom is 0.239 e. The van der Waals surface area contributed by atoms with E-state index in [1.807, 2.05) is 23.1 Å². The van der Waals surface area contributed by atoms with Crippen molar-refractivity contribution in [2.45, 2.75) is 31.7 Å². The number of nitrogens with zero attached hydrogens (tertiary/aromatic N) is 1. The molecular formula is C16H24N2O2. The van der Waals surface area contributed by atoms with E-state index in [4.69, 9.17) is 10.8 Å². The van der Waals surface area contributed by atoms with Crippen molar-refractivity contribution >= 4 is 5.91 Å². The van der Waals surface area contributed by atoms with E-state index >= 15 is 0 Å². The minimum absolute atomic E-state index is 0.0568. The summed E-state index contributed by atoms with van der Waals surface area (Å²) in [6, 6.07) is 9.70. The number of aryl methyl sites for hydroxylation is 1. The molecule has 1 aromatic rings. The fourth-order valence-electron chi connectivity index (χ4n) is 2.78. The van der Waals surface area contributed by atoms with Gasteiger partial charge in [0.05, 0.1) is 6.04 Å². The van der Waals surface area contributed by atoms with Crippen molar-refractivity contribution in [3.63, 3.8) is 0 Å². The molecule has 0 aliphatic carbocycles. The molecule has 0 spiro atoms. The Kier molecular flexibility index (Phi) is 5.56. The zero-order valence-corrected chi connectivity index (χ0v) is 11.9. The van der Waals surface area contributed by atoms with Crippen molar-refractivity contribution in [3.8, 4) is 0 Å². The van der Waals surface area contributed by atoms with Gasteiger partial charge >= 0.3 is 0 Å². The lowest BCUT2D eigenvalue weighted by molar-refractivity contribution is -0.131. The van der Waals surface area contributed by atoms with Crippen molar-refractivity contribution in [2.75, 3.05) is 19.7 Å². The van der Waals surface area contributed by atoms with Gasteiger partial charge in [0.25, 0.3) is 0 Å². The Morgan fingerprint density at radius 1 is 1.40 bits per heavy atom. The fraction of sp³-hybridized carbons (Fsp3) is 0.562. The van der Waals surface area contributed by atoms with Gasteiger partial charge in [0.1, 0.15) is 0 Å². The Labute approximate surface area is 120 Å². The first-order valence-electron chi connectivity index (χ1n) is 7.40. The van der Waals surface area contributed by atoms with Crippen LogP contribution in [0.25, 0.3) is 0 Å². The molecule has 1 saturated heterocycles. The van der Waals surface area contributed by atoms with Crippen LogP contribution >= 0.6 is 0 Å². The highest BCUT2D eigenvalue weighted by molar-refractivity contribution is 5.81. The molecule has 0 saturated carbocycles. The molecule has 1 fully saturated rings. The van der Waals surface area contributed by atoms with Crippen molar-refractivity contribution in [3.05, 3.63) is 35.9 Å². The third kappa shape index (κ3) is 4.05. The number of nitrogens with two attached hydrogens (primary N) is 1. The third-order valence-electron chi connectivity index (χ3n) is 4.04. The topological polar surface area (TPSA) is 66.6 Å². The molecule has 1 amide bonds. The van der Waals surface area contributed by atoms with Crippen LogP contribution in [-0.2, 0) is 11.2 Å². The molecule has 20 heavy (non-hydrogen) atoms. The van der Waals surface area contributed by atoms with Crippen LogP contribution in [0.15, 0.2) is 30.3 Å². The van der Waals surface area contributed by atoms with Gasteiger partial charge in [0.15, 0.2) is 0 Å². The number of rotatable bonds is 6. The Hall–Kier alpha value is -1.39. The Balaban J connectivity index is 1.78. The summed E-state index contributed by atoms with van der Waals surface area (Å²) in [7, 11) is 0. The lowest BCUT2D eigenvalue weighted by atomic mass is 10.0. The summed E-state index contributed by atoms with van der Waals surface area (Å²) < 4.78 is 0. The normalized spacial score (nSPS) is 20.1. The number of carbonyl (C=O) groups excluding carboxylic acids is 1. The smallest absolute Gasteiger partial charge is 0.239 e. The van der Waals surface area contributed by atoms with Gasteiger partial charge in [0, 0.05) is 19.7 Å². The Morgan fingerprint density at radius 2 is 2.15 bits per heavy atom. The molecule has 110 valence electrons. The molecular weight excluding hydrogens is 252 g/mol. The van der Waals surface area contributed by atoms with Crippen LogP contribution in [-0.4, -0.2) is 41.7 Å². The minimum Gasteiger partial charge on any atom is -0.396 e. The molecule has 4 heteroatoms. The van der Waals surface area contributed by atoms with Gasteiger partial charge in [-0.05, 0) is 37.2 Å². The van der Waals surface area contributed by atoms with Crippen LogP contribution in [0.2, 0.25) is 0 Å². The quantitative estimate of drug-likeness (QED) is 0.820. The first kappa shape index (κ1) is 15.0. The van der Waals surface area contributed by atoms with Gasteiger partial charge in [-0.1, -0.05) is 30.3 Å². The minimum atomic E-state index is -0.414. The average Bonchev–Trinajstić information content (AvgIpc) is 2.94. The van der Waals surface area contributed by atoms with Crippen LogP contribution in [0, 0.1) is 5.92 Å². The first-order valence-corrected chi connectivity index (χ1v) is 7.40. The molecule has 2 rings (SSSR count). The van der Waals surface area contributed by atoms with Crippen LogP contribution in [0.1, 0.15) is 24.8 Å². The molecule has 1 aliphatic heterocycles. The Bertz CT molecular complexity index is 422. The van der Waals surface area contributed by atoms with Crippen LogP contribution in [0.5, 0.6) is 0 Å². The Morgan fingerprint density at radius 3 is 2.85 bits per heavy atom. The number of likely N-dealkylation sites (tertiary alicyclic amines) is 1. The predicted octanol–water partition coefficient (Wildman–Crippen LogP) is 1.18. The van der Waals surface area contributed by atoms with E-state index in [2.05, 4.69) is 12.1 Å². The number of benzene rings is 1. The van der Waals surface area contributed by atoms with Crippen LogP contribution in [0.3, 0.4) is 0 Å². The summed E-state index contributed by atoms with van der Waals surface area (Å²) in [6.07, 6.45) is 3.28. The highest BCUT2D eigenvalue weighted by atomic mass is 16.3. The van der Waals surface area contributed by atoms with Gasteiger partial charge in [0.2, 0.25) is 5.91 Å². The summed E-state index contributed by atoms with van der Waals surface area (Å²) in [5.74, 6) is 0.492. The van der Waals surface area contributed by atoms with Gasteiger partial charge in [-0.3, -0.25) is 4.79 Å². The summed E-state index contributed by atoms with van der Waals surface area (Å²) in [4.78, 5) is 14.1. The van der Waals surface area contributed by atoms with E-state index < -0.39 is 6.04 Å². The molecule has 3 N–H and O–H groups in total. The number of carbonyl (C=O) groups is 1. The second-order valence-corrected chi connectivity index (χ2v) is 5.58. The van der Waals surface area contributed by atoms with Gasteiger partial charge in [-0.15, -0.1) is 0 Å². The summed E-state index contributed by atoms with van der Waals surface area (Å²) >= 11 is 0. The molecule has 1 aliphatic rings. The highest BCUT2D eigenvalue weighted by Crippen LogP contribution is 2.20. The molecule has 4 nitrogen and oxygen atoms in total. The second kappa shape index (κ2) is 7.41. The average molecular weight is 276 g/mol. The summed E-state index contributed by atoms with van der Waals surface area (Å²) in [5, 5.41) is 8.94. The standard InChI is InChI=1S/C16H24N2O2/c17-15(7-6-13-4-2-1-3-5-13)16(20)18-10-8-14(12-18)9-11-19/h1-5,14-15,19H,6-12,17H2/t14?,15-/m0/s1. The third-order valence-corrected chi connectivity index (χ3v) is 4.04. The lowest BCUT2D eigenvalue weighted by Crippen LogP contribution is -2.43. The first-order chi connectivity index (χ1) is 9.70. The summed E-state index contributed by atoms with van der Waals surface area (Å²) in [6.45, 7) is 1.73. The van der Waals surface area contributed by atoms with E-state index in [1.165, 1.54) is 5.56 Å². The van der Waals surface area contributed by atoms with Gasteiger partial charge in [-0.2, -0.15) is 0 Å². The van der Waals surface area contributed by atoms with E-state index in [0.29, 0.717) is 12.3 Å². The van der Waals surface area contributed by atoms with Crippen molar-refractivity contribution in [1.29, 1.82) is 0 Å². The summed E-state index contributed by atoms with van der Waals surface area (Å²) in [5.41, 5.74) is 7.24. The van der Waals surface area contributed by atoms with Crippen LogP contribution < -0.4 is 5.73 Å². The van der Waals surface area contributed by atoms with E-state index in [9.17, 15) is 4.79 Å². The molecule has 0 radical (unpaired) electrons. The highest BCUT2D eigenvalue weighted by Gasteiger charge is 2.28. The largest absolute Gasteiger partial charge is 0.396 e. The van der Waals surface area contributed by atoms with Gasteiger partial charge < -0.3 is 15.7 Å². The molecule has 0 aromatic heterocycles. The maximum atomic E-state index is 12.3. The van der Waals surface area contributed by atoms with E-state index in [1.54, 1.807) is 0 Å². The van der Waals surface area contributed by atoms with Crippen molar-refractivity contribution in [2.24, 2.45) is 11.7 Å². The molecule has 2 atom stereocenters. The predicted molar refractivity (Wildman–Crippen MR) is 79.1 cm³/mol. The second-order valence-electron chi connectivity index (χ2n) is 5.58. The number of aliphatic hydroxyl groups excluding tert-OH is 1. The lowest BCUT2D eigenvalue weighted by Gasteiger charge is -2.21. The van der Waals surface area contributed by atoms with Gasteiger partial charge in [-0.25, -0.2) is 0 Å². The number of aliphatic hydroxyl groups is 1. The number of hydrogen-bond donors (Lipinski definition) is 2. The monoisotopic (exact) mass is 276 g/mol. The fourth-order valence-corrected chi connectivity index (χ4v) is 2.78. The molecule has 0 bridgehead atoms. The molecule has 1 heterocycles. The van der Waals surface area contributed by atoms with Crippen molar-refractivity contribution in [1.82, 2.24) is 4.90 Å². The number of hydrogen-bond acceptors (Lipinski definition) is 3. The number of amides is 1. The van der Waals surface area contributed by atoms with E-state index in [0.717, 1.165) is 32.4 Å². The van der Waals surface area contributed by atoms with Crippen molar-refractivity contribution < 1.29 is 9.90 Å². The van der Waals surface area contributed by atoms with E-state index in [-0.39, 0.29) is 12.5 Å². The zero-order chi connectivity index (χ0) is 14.4. The zero-order valence-electron chi connectivity index (χ0n) is 11.9. The molecule has 1 aromatic carbocycles. The van der Waals surface area contributed by atoms with Crippen LogP contribution in [0.4, 0.5) is 0 Å². The molecule has 1 unspecified atom stereocenters. The maximum absolute atomic E-state index is 12.3. The SMILES string of the molecule is N[C@@H](CCc1ccccc1)C(=O)N1CCC(CCO)C1.